The Morgan fingerprint density at radius 1 is 1.24 bits per heavy atom. The lowest BCUT2D eigenvalue weighted by Gasteiger charge is -2.17. The fourth-order valence-corrected chi connectivity index (χ4v) is 2.32. The molecule has 1 atom stereocenters. The fraction of sp³-hybridized carbons (Fsp3) is 0.471. The first-order chi connectivity index (χ1) is 10.2. The number of rotatable bonds is 6. The van der Waals surface area contributed by atoms with E-state index in [2.05, 4.69) is 11.4 Å². The van der Waals surface area contributed by atoms with Gasteiger partial charge in [-0.25, -0.2) is 0 Å². The summed E-state index contributed by atoms with van der Waals surface area (Å²) >= 11 is 0. The van der Waals surface area contributed by atoms with Crippen LogP contribution in [0.25, 0.3) is 0 Å². The van der Waals surface area contributed by atoms with E-state index in [1.165, 1.54) is 18.4 Å². The molecule has 0 fully saturated rings. The van der Waals surface area contributed by atoms with Gasteiger partial charge in [0.1, 0.15) is 11.5 Å². The number of benzene rings is 1. The summed E-state index contributed by atoms with van der Waals surface area (Å²) < 4.78 is 10.7. The molecule has 0 bridgehead atoms. The number of carbonyl (C=O) groups excluding carboxylic acids is 1. The summed E-state index contributed by atoms with van der Waals surface area (Å²) in [4.78, 5) is 12.0. The number of hydrogen-bond donors (Lipinski definition) is 1. The zero-order valence-electron chi connectivity index (χ0n) is 12.7. The normalized spacial score (nSPS) is 15.8. The first-order valence-corrected chi connectivity index (χ1v) is 7.45. The lowest BCUT2D eigenvalue weighted by Crippen LogP contribution is -2.37. The second-order valence-corrected chi connectivity index (χ2v) is 5.26. The van der Waals surface area contributed by atoms with Crippen LogP contribution in [0.2, 0.25) is 0 Å². The van der Waals surface area contributed by atoms with Gasteiger partial charge in [-0.2, -0.15) is 0 Å². The summed E-state index contributed by atoms with van der Waals surface area (Å²) in [5, 5.41) is 2.94. The van der Waals surface area contributed by atoms with E-state index >= 15 is 0 Å². The Labute approximate surface area is 126 Å². The minimum Gasteiger partial charge on any atom is -0.497 e. The lowest BCUT2D eigenvalue weighted by molar-refractivity contribution is -0.127. The van der Waals surface area contributed by atoms with E-state index in [9.17, 15) is 4.79 Å². The fourth-order valence-electron chi connectivity index (χ4n) is 2.32. The van der Waals surface area contributed by atoms with Crippen LogP contribution in [0.4, 0.5) is 0 Å². The summed E-state index contributed by atoms with van der Waals surface area (Å²) in [5.74, 6) is 1.34. The Morgan fingerprint density at radius 3 is 2.57 bits per heavy atom. The molecular weight excluding hydrogens is 266 g/mol. The maximum absolute atomic E-state index is 12.0. The highest BCUT2D eigenvalue weighted by Crippen LogP contribution is 2.18. The molecule has 0 saturated carbocycles. The van der Waals surface area contributed by atoms with Gasteiger partial charge in [-0.15, -0.1) is 0 Å². The molecule has 4 nitrogen and oxygen atoms in total. The molecule has 0 aromatic heterocycles. The van der Waals surface area contributed by atoms with Crippen molar-refractivity contribution in [1.29, 1.82) is 0 Å². The zero-order valence-corrected chi connectivity index (χ0v) is 12.7. The van der Waals surface area contributed by atoms with E-state index in [1.807, 2.05) is 12.1 Å². The predicted octanol–water partition coefficient (Wildman–Crippen LogP) is 3.08. The van der Waals surface area contributed by atoms with Gasteiger partial charge in [0.25, 0.3) is 5.91 Å². The molecule has 1 N–H and O–H groups in total. The van der Waals surface area contributed by atoms with Crippen LogP contribution in [0.1, 0.15) is 32.6 Å². The molecule has 4 heteroatoms. The number of carbonyl (C=O) groups is 1. The van der Waals surface area contributed by atoms with Crippen LogP contribution < -0.4 is 14.8 Å². The van der Waals surface area contributed by atoms with Gasteiger partial charge in [-0.1, -0.05) is 11.6 Å². The van der Waals surface area contributed by atoms with Crippen molar-refractivity contribution >= 4 is 5.91 Å². The van der Waals surface area contributed by atoms with Crippen molar-refractivity contribution in [2.75, 3.05) is 13.7 Å². The quantitative estimate of drug-likeness (QED) is 0.819. The van der Waals surface area contributed by atoms with Crippen LogP contribution in [0, 0.1) is 0 Å². The number of nitrogens with one attached hydrogen (secondary N) is 1. The van der Waals surface area contributed by atoms with Crippen LogP contribution in [0.15, 0.2) is 35.9 Å². The molecule has 21 heavy (non-hydrogen) atoms. The zero-order chi connectivity index (χ0) is 15.1. The maximum atomic E-state index is 12.0. The van der Waals surface area contributed by atoms with Crippen LogP contribution in [0.5, 0.6) is 11.5 Å². The van der Waals surface area contributed by atoms with E-state index in [0.717, 1.165) is 18.6 Å². The van der Waals surface area contributed by atoms with Crippen molar-refractivity contribution in [3.05, 3.63) is 35.9 Å². The third-order valence-corrected chi connectivity index (χ3v) is 3.62. The molecule has 1 aliphatic carbocycles. The van der Waals surface area contributed by atoms with Gasteiger partial charge < -0.3 is 14.8 Å². The largest absolute Gasteiger partial charge is 0.497 e. The monoisotopic (exact) mass is 289 g/mol. The highest BCUT2D eigenvalue weighted by atomic mass is 16.5. The van der Waals surface area contributed by atoms with Crippen molar-refractivity contribution in [3.63, 3.8) is 0 Å². The molecule has 0 spiro atoms. The van der Waals surface area contributed by atoms with E-state index < -0.39 is 6.10 Å². The van der Waals surface area contributed by atoms with Gasteiger partial charge in [0, 0.05) is 6.54 Å². The lowest BCUT2D eigenvalue weighted by atomic mass is 10.00. The number of amides is 1. The molecule has 1 aromatic carbocycles. The first kappa shape index (κ1) is 15.4. The van der Waals surface area contributed by atoms with Gasteiger partial charge in [0.2, 0.25) is 0 Å². The third-order valence-electron chi connectivity index (χ3n) is 3.62. The van der Waals surface area contributed by atoms with Gasteiger partial charge >= 0.3 is 0 Å². The minimum atomic E-state index is -0.511. The second kappa shape index (κ2) is 7.72. The number of allylic oxidation sites excluding steroid dienone is 1. The van der Waals surface area contributed by atoms with Crippen molar-refractivity contribution in [3.8, 4) is 11.5 Å². The highest BCUT2D eigenvalue weighted by Gasteiger charge is 2.15. The topological polar surface area (TPSA) is 47.6 Å². The van der Waals surface area contributed by atoms with Crippen molar-refractivity contribution in [2.45, 2.75) is 38.7 Å². The Morgan fingerprint density at radius 2 is 1.95 bits per heavy atom. The minimum absolute atomic E-state index is 0.0858. The first-order valence-electron chi connectivity index (χ1n) is 7.45. The van der Waals surface area contributed by atoms with Gasteiger partial charge in [-0.3, -0.25) is 4.79 Å². The molecular formula is C17H23NO3. The molecule has 114 valence electrons. The summed E-state index contributed by atoms with van der Waals surface area (Å²) in [6.45, 7) is 2.39. The molecule has 1 amide bonds. The average molecular weight is 289 g/mol. The Bertz CT molecular complexity index is 493. The van der Waals surface area contributed by atoms with Crippen LogP contribution in [-0.2, 0) is 4.79 Å². The smallest absolute Gasteiger partial charge is 0.261 e. The van der Waals surface area contributed by atoms with Crippen LogP contribution >= 0.6 is 0 Å². The molecule has 0 radical (unpaired) electrons. The highest BCUT2D eigenvalue weighted by molar-refractivity contribution is 5.80. The average Bonchev–Trinajstić information content (AvgIpc) is 2.54. The molecule has 0 heterocycles. The van der Waals surface area contributed by atoms with E-state index in [-0.39, 0.29) is 5.91 Å². The summed E-state index contributed by atoms with van der Waals surface area (Å²) in [6.07, 6.45) is 6.42. The van der Waals surface area contributed by atoms with Gasteiger partial charge in [0.05, 0.1) is 7.11 Å². The third kappa shape index (κ3) is 4.81. The van der Waals surface area contributed by atoms with Crippen LogP contribution in [0.3, 0.4) is 0 Å². The summed E-state index contributed by atoms with van der Waals surface area (Å²) in [7, 11) is 1.62. The Balaban J connectivity index is 1.79. The Kier molecular flexibility index (Phi) is 5.67. The molecule has 1 aromatic rings. The van der Waals surface area contributed by atoms with Crippen molar-refractivity contribution in [1.82, 2.24) is 5.32 Å². The van der Waals surface area contributed by atoms with Gasteiger partial charge in [-0.05, 0) is 56.9 Å². The standard InChI is InChI=1S/C17H23NO3/c1-13(21-16-10-8-15(20-2)9-11-16)17(19)18-12-14-6-4-3-5-7-14/h6,8-11,13H,3-5,7,12H2,1-2H3,(H,18,19)/t13-/m0/s1. The summed E-state index contributed by atoms with van der Waals surface area (Å²) in [5.41, 5.74) is 1.33. The van der Waals surface area contributed by atoms with E-state index in [4.69, 9.17) is 9.47 Å². The van der Waals surface area contributed by atoms with E-state index in [1.54, 1.807) is 26.2 Å². The van der Waals surface area contributed by atoms with Crippen molar-refractivity contribution in [2.24, 2.45) is 0 Å². The Hall–Kier alpha value is -1.97. The molecule has 1 aliphatic rings. The van der Waals surface area contributed by atoms with E-state index in [0.29, 0.717) is 12.3 Å². The second-order valence-electron chi connectivity index (χ2n) is 5.26. The van der Waals surface area contributed by atoms with Crippen LogP contribution in [-0.4, -0.2) is 25.7 Å². The molecule has 0 aliphatic heterocycles. The number of ether oxygens (including phenoxy) is 2. The number of methoxy groups -OCH3 is 1. The maximum Gasteiger partial charge on any atom is 0.261 e. The molecule has 0 unspecified atom stereocenters. The predicted molar refractivity (Wildman–Crippen MR) is 82.6 cm³/mol. The SMILES string of the molecule is COc1ccc(O[C@@H](C)C(=O)NCC2=CCCCC2)cc1. The van der Waals surface area contributed by atoms with Crippen molar-refractivity contribution < 1.29 is 14.3 Å². The molecule has 2 rings (SSSR count). The van der Waals surface area contributed by atoms with Gasteiger partial charge in [0.15, 0.2) is 6.10 Å². The number of hydrogen-bond acceptors (Lipinski definition) is 3. The molecule has 0 saturated heterocycles. The summed E-state index contributed by atoms with van der Waals surface area (Å²) in [6, 6.07) is 7.22.